The highest BCUT2D eigenvalue weighted by molar-refractivity contribution is 14.1. The van der Waals surface area contributed by atoms with Gasteiger partial charge in [-0.1, -0.05) is 12.1 Å². The molecule has 0 saturated heterocycles. The molecule has 23 heavy (non-hydrogen) atoms. The summed E-state index contributed by atoms with van der Waals surface area (Å²) in [7, 11) is 1.55. The van der Waals surface area contributed by atoms with E-state index in [1.54, 1.807) is 43.5 Å². The summed E-state index contributed by atoms with van der Waals surface area (Å²) in [4.78, 5) is 23.6. The van der Waals surface area contributed by atoms with Gasteiger partial charge >= 0.3 is 5.97 Å². The number of methoxy groups -OCH3 is 1. The van der Waals surface area contributed by atoms with E-state index in [0.29, 0.717) is 17.0 Å². The second kappa shape index (κ2) is 7.96. The molecule has 2 aromatic rings. The third-order valence-corrected chi connectivity index (χ3v) is 4.04. The van der Waals surface area contributed by atoms with Crippen LogP contribution in [0.4, 0.5) is 5.69 Å². The van der Waals surface area contributed by atoms with Crippen molar-refractivity contribution < 1.29 is 19.4 Å². The highest BCUT2D eigenvalue weighted by Gasteiger charge is 2.24. The quantitative estimate of drug-likeness (QED) is 0.695. The van der Waals surface area contributed by atoms with Gasteiger partial charge in [0.15, 0.2) is 0 Å². The van der Waals surface area contributed by atoms with Gasteiger partial charge in [-0.15, -0.1) is 0 Å². The minimum absolute atomic E-state index is 0.275. The minimum atomic E-state index is -1.02. The van der Waals surface area contributed by atoms with Crippen molar-refractivity contribution in [2.75, 3.05) is 12.4 Å². The zero-order valence-electron chi connectivity index (χ0n) is 12.5. The Balaban J connectivity index is 2.20. The van der Waals surface area contributed by atoms with Gasteiger partial charge in [-0.3, -0.25) is 9.59 Å². The summed E-state index contributed by atoms with van der Waals surface area (Å²) >= 11 is 2.17. The van der Waals surface area contributed by atoms with Gasteiger partial charge in [0, 0.05) is 9.26 Å². The van der Waals surface area contributed by atoms with Crippen molar-refractivity contribution in [2.45, 2.75) is 12.3 Å². The molecular formula is C17H16INO4. The molecule has 0 aliphatic rings. The maximum Gasteiger partial charge on any atom is 0.304 e. The lowest BCUT2D eigenvalue weighted by Crippen LogP contribution is -2.23. The summed E-state index contributed by atoms with van der Waals surface area (Å²) in [5, 5.41) is 11.9. The van der Waals surface area contributed by atoms with Gasteiger partial charge in [-0.25, -0.2) is 0 Å². The van der Waals surface area contributed by atoms with Gasteiger partial charge in [-0.05, 0) is 64.6 Å². The zero-order valence-corrected chi connectivity index (χ0v) is 14.6. The fourth-order valence-corrected chi connectivity index (χ4v) is 2.49. The first-order chi connectivity index (χ1) is 11.0. The zero-order chi connectivity index (χ0) is 16.8. The van der Waals surface area contributed by atoms with E-state index >= 15 is 0 Å². The van der Waals surface area contributed by atoms with E-state index in [2.05, 4.69) is 27.9 Å². The fraction of sp³-hybridized carbons (Fsp3) is 0.176. The molecule has 2 aromatic carbocycles. The third kappa shape index (κ3) is 4.95. The van der Waals surface area contributed by atoms with Gasteiger partial charge in [0.25, 0.3) is 0 Å². The number of carbonyl (C=O) groups is 2. The van der Waals surface area contributed by atoms with E-state index in [1.165, 1.54) is 0 Å². The molecular weight excluding hydrogens is 409 g/mol. The summed E-state index contributed by atoms with van der Waals surface area (Å²) < 4.78 is 6.13. The molecule has 0 heterocycles. The first-order valence-corrected chi connectivity index (χ1v) is 7.99. The van der Waals surface area contributed by atoms with Crippen LogP contribution in [0, 0.1) is 3.57 Å². The monoisotopic (exact) mass is 425 g/mol. The van der Waals surface area contributed by atoms with E-state index in [0.717, 1.165) is 3.57 Å². The van der Waals surface area contributed by atoms with Crippen molar-refractivity contribution in [3.63, 3.8) is 0 Å². The van der Waals surface area contributed by atoms with Gasteiger partial charge in [-0.2, -0.15) is 0 Å². The van der Waals surface area contributed by atoms with Gasteiger partial charge in [0.05, 0.1) is 19.4 Å². The lowest BCUT2D eigenvalue weighted by molar-refractivity contribution is -0.139. The number of rotatable bonds is 6. The first kappa shape index (κ1) is 17.3. The SMILES string of the molecule is COc1ccc(C(CC(=O)O)C(=O)Nc2ccc(I)cc2)cc1. The average Bonchev–Trinajstić information content (AvgIpc) is 2.54. The Morgan fingerprint density at radius 1 is 1.13 bits per heavy atom. The number of carboxylic acid groups (broad SMARTS) is 1. The van der Waals surface area contributed by atoms with Crippen molar-refractivity contribution in [2.24, 2.45) is 0 Å². The number of nitrogens with one attached hydrogen (secondary N) is 1. The van der Waals surface area contributed by atoms with Crippen molar-refractivity contribution in [1.82, 2.24) is 0 Å². The first-order valence-electron chi connectivity index (χ1n) is 6.92. The van der Waals surface area contributed by atoms with Crippen LogP contribution in [-0.4, -0.2) is 24.1 Å². The Labute approximate surface area is 147 Å². The number of anilines is 1. The second-order valence-corrected chi connectivity index (χ2v) is 6.17. The summed E-state index contributed by atoms with van der Waals surface area (Å²) in [6.45, 7) is 0. The van der Waals surface area contributed by atoms with Crippen LogP contribution in [0.25, 0.3) is 0 Å². The minimum Gasteiger partial charge on any atom is -0.497 e. The second-order valence-electron chi connectivity index (χ2n) is 4.92. The van der Waals surface area contributed by atoms with Crippen LogP contribution in [0.5, 0.6) is 5.75 Å². The van der Waals surface area contributed by atoms with Crippen molar-refractivity contribution in [3.8, 4) is 5.75 Å². The smallest absolute Gasteiger partial charge is 0.304 e. The highest BCUT2D eigenvalue weighted by Crippen LogP contribution is 2.24. The molecule has 0 radical (unpaired) electrons. The van der Waals surface area contributed by atoms with E-state index < -0.39 is 11.9 Å². The Kier molecular flexibility index (Phi) is 5.97. The van der Waals surface area contributed by atoms with E-state index in [9.17, 15) is 9.59 Å². The molecule has 0 aromatic heterocycles. The molecule has 1 amide bonds. The van der Waals surface area contributed by atoms with Gasteiger partial charge in [0.1, 0.15) is 5.75 Å². The Hall–Kier alpha value is -2.09. The number of ether oxygens (including phenoxy) is 1. The maximum atomic E-state index is 12.5. The van der Waals surface area contributed by atoms with Crippen molar-refractivity contribution in [1.29, 1.82) is 0 Å². The van der Waals surface area contributed by atoms with Crippen molar-refractivity contribution >= 4 is 40.2 Å². The van der Waals surface area contributed by atoms with E-state index in [-0.39, 0.29) is 12.3 Å². The maximum absolute atomic E-state index is 12.5. The Bertz CT molecular complexity index is 683. The third-order valence-electron chi connectivity index (χ3n) is 3.33. The largest absolute Gasteiger partial charge is 0.497 e. The summed E-state index contributed by atoms with van der Waals surface area (Å²) in [5.41, 5.74) is 1.27. The number of benzene rings is 2. The number of carboxylic acids is 1. The Morgan fingerprint density at radius 2 is 1.74 bits per heavy atom. The van der Waals surface area contributed by atoms with Crippen molar-refractivity contribution in [3.05, 3.63) is 57.7 Å². The molecule has 2 rings (SSSR count). The van der Waals surface area contributed by atoms with Crippen LogP contribution in [-0.2, 0) is 9.59 Å². The normalized spacial score (nSPS) is 11.6. The number of carbonyl (C=O) groups excluding carboxylic acids is 1. The van der Waals surface area contributed by atoms with Crippen LogP contribution >= 0.6 is 22.6 Å². The molecule has 1 unspecified atom stereocenters. The number of hydrogen-bond acceptors (Lipinski definition) is 3. The molecule has 0 fully saturated rings. The lowest BCUT2D eigenvalue weighted by atomic mass is 9.94. The topological polar surface area (TPSA) is 75.6 Å². The van der Waals surface area contributed by atoms with Crippen LogP contribution < -0.4 is 10.1 Å². The average molecular weight is 425 g/mol. The van der Waals surface area contributed by atoms with Gasteiger partial charge < -0.3 is 15.2 Å². The molecule has 6 heteroatoms. The molecule has 0 aliphatic carbocycles. The number of hydrogen-bond donors (Lipinski definition) is 2. The lowest BCUT2D eigenvalue weighted by Gasteiger charge is -2.16. The highest BCUT2D eigenvalue weighted by atomic mass is 127. The van der Waals surface area contributed by atoms with E-state index in [4.69, 9.17) is 9.84 Å². The Morgan fingerprint density at radius 3 is 2.26 bits per heavy atom. The summed E-state index contributed by atoms with van der Waals surface area (Å²) in [5.74, 6) is -1.49. The molecule has 120 valence electrons. The fourth-order valence-electron chi connectivity index (χ4n) is 2.14. The van der Waals surface area contributed by atoms with Crippen LogP contribution in [0.3, 0.4) is 0 Å². The molecule has 5 nitrogen and oxygen atoms in total. The van der Waals surface area contributed by atoms with Gasteiger partial charge in [0.2, 0.25) is 5.91 Å². The van der Waals surface area contributed by atoms with Crippen LogP contribution in [0.1, 0.15) is 17.9 Å². The number of amides is 1. The van der Waals surface area contributed by atoms with Crippen LogP contribution in [0.2, 0.25) is 0 Å². The van der Waals surface area contributed by atoms with E-state index in [1.807, 2.05) is 12.1 Å². The molecule has 1 atom stereocenters. The van der Waals surface area contributed by atoms with Crippen LogP contribution in [0.15, 0.2) is 48.5 Å². The summed E-state index contributed by atoms with van der Waals surface area (Å²) in [6, 6.07) is 14.1. The molecule has 0 bridgehead atoms. The standard InChI is InChI=1S/C17H16INO4/c1-23-14-8-2-11(3-9-14)15(10-16(20)21)17(22)19-13-6-4-12(18)5-7-13/h2-9,15H,10H2,1H3,(H,19,22)(H,20,21). The predicted octanol–water partition coefficient (Wildman–Crippen LogP) is 3.50. The number of halogens is 1. The molecule has 2 N–H and O–H groups in total. The molecule has 0 spiro atoms. The number of aliphatic carboxylic acids is 1. The predicted molar refractivity (Wildman–Crippen MR) is 95.8 cm³/mol. The summed E-state index contributed by atoms with van der Waals surface area (Å²) in [6.07, 6.45) is -0.275. The molecule has 0 saturated carbocycles. The molecule has 0 aliphatic heterocycles.